The van der Waals surface area contributed by atoms with E-state index in [9.17, 15) is 9.18 Å². The molecule has 0 fully saturated rings. The highest BCUT2D eigenvalue weighted by molar-refractivity contribution is 5.78. The zero-order chi connectivity index (χ0) is 15.2. The number of benzene rings is 1. The quantitative estimate of drug-likeness (QED) is 0.884. The molecule has 0 saturated carbocycles. The van der Waals surface area contributed by atoms with Gasteiger partial charge in [0.05, 0.1) is 18.3 Å². The van der Waals surface area contributed by atoms with Crippen LogP contribution in [0, 0.1) is 12.7 Å². The van der Waals surface area contributed by atoms with Gasteiger partial charge in [-0.25, -0.2) is 4.39 Å². The maximum Gasteiger partial charge on any atom is 0.226 e. The van der Waals surface area contributed by atoms with Gasteiger partial charge in [0.15, 0.2) is 0 Å². The van der Waals surface area contributed by atoms with E-state index in [1.54, 1.807) is 18.2 Å². The SMILES string of the molecule is Cc1cc(F)ccc1CCNC(=O)Cc1ccc(N)cn1. The van der Waals surface area contributed by atoms with E-state index in [1.165, 1.54) is 18.3 Å². The molecule has 1 amide bonds. The third-order valence-corrected chi connectivity index (χ3v) is 3.21. The number of carbonyl (C=O) groups is 1. The van der Waals surface area contributed by atoms with Gasteiger partial charge in [0.2, 0.25) is 5.91 Å². The number of halogens is 1. The number of carbonyl (C=O) groups excluding carboxylic acids is 1. The molecule has 21 heavy (non-hydrogen) atoms. The van der Waals surface area contributed by atoms with Crippen molar-refractivity contribution in [1.82, 2.24) is 10.3 Å². The Hall–Kier alpha value is -2.43. The molecule has 3 N–H and O–H groups in total. The number of rotatable bonds is 5. The van der Waals surface area contributed by atoms with Crippen molar-refractivity contribution in [2.24, 2.45) is 0 Å². The van der Waals surface area contributed by atoms with E-state index in [1.807, 2.05) is 6.92 Å². The van der Waals surface area contributed by atoms with Gasteiger partial charge in [-0.1, -0.05) is 6.07 Å². The number of anilines is 1. The number of hydrogen-bond donors (Lipinski definition) is 2. The Bertz CT molecular complexity index is 626. The van der Waals surface area contributed by atoms with Crippen molar-refractivity contribution in [2.75, 3.05) is 12.3 Å². The molecular formula is C16H18FN3O. The Morgan fingerprint density at radius 1 is 1.33 bits per heavy atom. The molecule has 0 spiro atoms. The molecule has 2 aromatic rings. The fourth-order valence-corrected chi connectivity index (χ4v) is 2.04. The molecule has 1 aromatic heterocycles. The summed E-state index contributed by atoms with van der Waals surface area (Å²) in [5.74, 6) is -0.332. The van der Waals surface area contributed by atoms with Crippen LogP contribution in [0.25, 0.3) is 0 Å². The molecule has 1 heterocycles. The standard InChI is InChI=1S/C16H18FN3O/c1-11-8-13(17)3-2-12(11)6-7-19-16(21)9-15-5-4-14(18)10-20-15/h2-5,8,10H,6-7,9,18H2,1H3,(H,19,21). The van der Waals surface area contributed by atoms with E-state index < -0.39 is 0 Å². The van der Waals surface area contributed by atoms with Gasteiger partial charge in [0.1, 0.15) is 5.82 Å². The van der Waals surface area contributed by atoms with E-state index >= 15 is 0 Å². The van der Waals surface area contributed by atoms with Gasteiger partial charge in [-0.15, -0.1) is 0 Å². The summed E-state index contributed by atoms with van der Waals surface area (Å²) >= 11 is 0. The second kappa shape index (κ2) is 6.83. The Balaban J connectivity index is 1.80. The molecule has 0 radical (unpaired) electrons. The van der Waals surface area contributed by atoms with Crippen LogP contribution >= 0.6 is 0 Å². The summed E-state index contributed by atoms with van der Waals surface area (Å²) in [6.07, 6.45) is 2.43. The van der Waals surface area contributed by atoms with Crippen LogP contribution in [0.1, 0.15) is 16.8 Å². The summed E-state index contributed by atoms with van der Waals surface area (Å²) in [6.45, 7) is 2.37. The highest BCUT2D eigenvalue weighted by atomic mass is 19.1. The van der Waals surface area contributed by atoms with Crippen molar-refractivity contribution in [2.45, 2.75) is 19.8 Å². The fourth-order valence-electron chi connectivity index (χ4n) is 2.04. The van der Waals surface area contributed by atoms with Crippen molar-refractivity contribution < 1.29 is 9.18 Å². The molecule has 0 atom stereocenters. The zero-order valence-electron chi connectivity index (χ0n) is 11.9. The normalized spacial score (nSPS) is 10.4. The minimum Gasteiger partial charge on any atom is -0.397 e. The first-order valence-corrected chi connectivity index (χ1v) is 6.77. The van der Waals surface area contributed by atoms with E-state index in [0.717, 1.165) is 11.1 Å². The number of hydrogen-bond acceptors (Lipinski definition) is 3. The van der Waals surface area contributed by atoms with Crippen LogP contribution < -0.4 is 11.1 Å². The number of amides is 1. The predicted octanol–water partition coefficient (Wildman–Crippen LogP) is 2.01. The lowest BCUT2D eigenvalue weighted by molar-refractivity contribution is -0.120. The van der Waals surface area contributed by atoms with Crippen LogP contribution in [-0.2, 0) is 17.6 Å². The molecule has 1 aromatic carbocycles. The molecule has 0 aliphatic rings. The lowest BCUT2D eigenvalue weighted by Gasteiger charge is -2.08. The predicted molar refractivity (Wildman–Crippen MR) is 80.2 cm³/mol. The van der Waals surface area contributed by atoms with Crippen molar-refractivity contribution in [3.8, 4) is 0 Å². The van der Waals surface area contributed by atoms with E-state index in [0.29, 0.717) is 24.3 Å². The van der Waals surface area contributed by atoms with Crippen molar-refractivity contribution in [3.63, 3.8) is 0 Å². The van der Waals surface area contributed by atoms with Crippen LogP contribution in [0.3, 0.4) is 0 Å². The largest absolute Gasteiger partial charge is 0.397 e. The summed E-state index contributed by atoms with van der Waals surface area (Å²) in [4.78, 5) is 15.9. The smallest absolute Gasteiger partial charge is 0.226 e. The van der Waals surface area contributed by atoms with E-state index in [4.69, 9.17) is 5.73 Å². The average molecular weight is 287 g/mol. The first kappa shape index (κ1) is 15.0. The Morgan fingerprint density at radius 3 is 2.81 bits per heavy atom. The molecule has 0 unspecified atom stereocenters. The summed E-state index contributed by atoms with van der Waals surface area (Å²) in [7, 11) is 0. The number of nitrogens with zero attached hydrogens (tertiary/aromatic N) is 1. The summed E-state index contributed by atoms with van der Waals surface area (Å²) < 4.78 is 13.0. The molecule has 0 bridgehead atoms. The maximum atomic E-state index is 13.0. The van der Waals surface area contributed by atoms with Crippen LogP contribution in [0.15, 0.2) is 36.5 Å². The van der Waals surface area contributed by atoms with Gasteiger partial charge >= 0.3 is 0 Å². The molecule has 4 nitrogen and oxygen atoms in total. The highest BCUT2D eigenvalue weighted by Gasteiger charge is 2.05. The zero-order valence-corrected chi connectivity index (χ0v) is 11.9. The van der Waals surface area contributed by atoms with E-state index in [2.05, 4.69) is 10.3 Å². The monoisotopic (exact) mass is 287 g/mol. The number of aryl methyl sites for hydroxylation is 1. The Kier molecular flexibility index (Phi) is 4.87. The molecule has 0 aliphatic carbocycles. The summed E-state index contributed by atoms with van der Waals surface area (Å²) in [5.41, 5.74) is 8.72. The van der Waals surface area contributed by atoms with Crippen LogP contribution in [0.5, 0.6) is 0 Å². The molecule has 0 saturated heterocycles. The van der Waals surface area contributed by atoms with Gasteiger partial charge in [-0.3, -0.25) is 9.78 Å². The van der Waals surface area contributed by atoms with Crippen LogP contribution in [0.4, 0.5) is 10.1 Å². The first-order valence-electron chi connectivity index (χ1n) is 6.77. The summed E-state index contributed by atoms with van der Waals surface area (Å²) in [6, 6.07) is 8.13. The first-order chi connectivity index (χ1) is 10.0. The fraction of sp³-hybridized carbons (Fsp3) is 0.250. The number of pyridine rings is 1. The topological polar surface area (TPSA) is 68.0 Å². The third kappa shape index (κ3) is 4.56. The number of nitrogens with two attached hydrogens (primary N) is 1. The minimum atomic E-state index is -0.241. The molecular weight excluding hydrogens is 269 g/mol. The number of nitrogens with one attached hydrogen (secondary N) is 1. The van der Waals surface area contributed by atoms with Gasteiger partial charge in [0, 0.05) is 12.2 Å². The van der Waals surface area contributed by atoms with Gasteiger partial charge in [0.25, 0.3) is 0 Å². The minimum absolute atomic E-state index is 0.0907. The van der Waals surface area contributed by atoms with Crippen LogP contribution in [-0.4, -0.2) is 17.4 Å². The Morgan fingerprint density at radius 2 is 2.14 bits per heavy atom. The molecule has 5 heteroatoms. The summed E-state index contributed by atoms with van der Waals surface area (Å²) in [5, 5.41) is 2.83. The van der Waals surface area contributed by atoms with Gasteiger partial charge in [-0.2, -0.15) is 0 Å². The van der Waals surface area contributed by atoms with Gasteiger partial charge < -0.3 is 11.1 Å². The van der Waals surface area contributed by atoms with E-state index in [-0.39, 0.29) is 18.1 Å². The third-order valence-electron chi connectivity index (χ3n) is 3.21. The maximum absolute atomic E-state index is 13.0. The molecule has 110 valence electrons. The van der Waals surface area contributed by atoms with Crippen LogP contribution in [0.2, 0.25) is 0 Å². The second-order valence-electron chi connectivity index (χ2n) is 4.93. The average Bonchev–Trinajstić information content (AvgIpc) is 2.44. The number of nitrogen functional groups attached to an aromatic ring is 1. The molecule has 0 aliphatic heterocycles. The number of aromatic nitrogens is 1. The van der Waals surface area contributed by atoms with Crippen molar-refractivity contribution >= 4 is 11.6 Å². The molecule has 2 rings (SSSR count). The Labute approximate surface area is 123 Å². The lowest BCUT2D eigenvalue weighted by atomic mass is 10.1. The van der Waals surface area contributed by atoms with Gasteiger partial charge in [-0.05, 0) is 48.7 Å². The highest BCUT2D eigenvalue weighted by Crippen LogP contribution is 2.10. The van der Waals surface area contributed by atoms with Crippen molar-refractivity contribution in [3.05, 3.63) is 59.2 Å². The second-order valence-corrected chi connectivity index (χ2v) is 4.93. The lowest BCUT2D eigenvalue weighted by Crippen LogP contribution is -2.27. The van der Waals surface area contributed by atoms with Crippen molar-refractivity contribution in [1.29, 1.82) is 0 Å².